The van der Waals surface area contributed by atoms with Crippen LogP contribution in [0.2, 0.25) is 0 Å². The van der Waals surface area contributed by atoms with E-state index in [0.29, 0.717) is 0 Å². The van der Waals surface area contributed by atoms with Crippen molar-refractivity contribution in [2.45, 2.75) is 4.90 Å². The minimum absolute atomic E-state index is 0. The second-order valence-corrected chi connectivity index (χ2v) is 7.41. The zero-order chi connectivity index (χ0) is 11.9. The second-order valence-electron chi connectivity index (χ2n) is 2.05. The van der Waals surface area contributed by atoms with Crippen molar-refractivity contribution in [3.63, 3.8) is 0 Å². The summed E-state index contributed by atoms with van der Waals surface area (Å²) in [6.07, 6.45) is 0. The Labute approximate surface area is 140 Å². The van der Waals surface area contributed by atoms with E-state index in [1.54, 1.807) is 18.2 Å². The Morgan fingerprint density at radius 2 is 1.50 bits per heavy atom. The monoisotopic (exact) mass is 447 g/mol. The number of benzene rings is 1. The number of nitrogens with zero attached hydrogens (tertiary/aromatic N) is 1. The molecule has 0 bridgehead atoms. The standard InChI is InChI=1S/C6H5Br2NO2S.BrO2.Na/c7-9(8)12(10,11)6-4-2-1-3-5-6;2-1-3;/h1-5H;;/q;-1;+1. The van der Waals surface area contributed by atoms with Crippen LogP contribution in [0.5, 0.6) is 0 Å². The Morgan fingerprint density at radius 1 is 1.12 bits per heavy atom. The van der Waals surface area contributed by atoms with Crippen LogP contribution in [0.3, 0.4) is 0 Å². The third kappa shape index (κ3) is 7.04. The normalized spacial score (nSPS) is 10.1. The fourth-order valence-electron chi connectivity index (χ4n) is 0.672. The molecule has 1 aromatic carbocycles. The quantitative estimate of drug-likeness (QED) is 0.354. The first-order valence-corrected chi connectivity index (χ1v) is 7.43. The molecule has 0 radical (unpaired) electrons. The van der Waals surface area contributed by atoms with Crippen LogP contribution in [0.15, 0.2) is 35.2 Å². The van der Waals surface area contributed by atoms with E-state index in [4.69, 9.17) is 8.40 Å². The van der Waals surface area contributed by atoms with Crippen molar-refractivity contribution in [2.75, 3.05) is 0 Å². The van der Waals surface area contributed by atoms with Crippen LogP contribution in [-0.4, -0.2) is 10.8 Å². The molecule has 0 unspecified atom stereocenters. The smallest absolute Gasteiger partial charge is 0.585 e. The van der Waals surface area contributed by atoms with Crippen molar-refractivity contribution in [2.24, 2.45) is 0 Å². The molecule has 0 heterocycles. The molecule has 16 heavy (non-hydrogen) atoms. The largest absolute Gasteiger partial charge is 1.00 e. The fourth-order valence-corrected chi connectivity index (χ4v) is 2.34. The summed E-state index contributed by atoms with van der Waals surface area (Å²) < 4.78 is 40.4. The second kappa shape index (κ2) is 10.4. The summed E-state index contributed by atoms with van der Waals surface area (Å²) in [5, 5.41) is 0. The molecule has 0 atom stereocenters. The van der Waals surface area contributed by atoms with Crippen molar-refractivity contribution < 1.29 is 61.9 Å². The summed E-state index contributed by atoms with van der Waals surface area (Å²) in [5.41, 5.74) is 0. The van der Waals surface area contributed by atoms with Gasteiger partial charge in [0.2, 0.25) is 0 Å². The zero-order valence-corrected chi connectivity index (χ0v) is 15.6. The minimum atomic E-state index is -3.41. The molecular weight excluding hydrogens is 445 g/mol. The third-order valence-electron chi connectivity index (χ3n) is 1.22. The maximum atomic E-state index is 11.4. The van der Waals surface area contributed by atoms with Crippen molar-refractivity contribution in [1.29, 1.82) is 0 Å². The molecule has 0 amide bonds. The molecule has 0 saturated carbocycles. The van der Waals surface area contributed by atoms with Gasteiger partial charge in [0.05, 0.1) is 4.90 Å². The van der Waals surface area contributed by atoms with Crippen LogP contribution in [0, 0.1) is 15.5 Å². The fraction of sp³-hybridized carbons (Fsp3) is 0. The topological polar surface area (TPSA) is 83.5 Å². The van der Waals surface area contributed by atoms with Crippen LogP contribution < -0.4 is 38.0 Å². The Hall–Kier alpha value is 1.49. The SMILES string of the molecule is O=S(=O)(c1ccccc1)N(Br)Br.[Na+].[O-][Br+][O-]. The maximum absolute atomic E-state index is 11.4. The van der Waals surface area contributed by atoms with E-state index in [1.807, 2.05) is 0 Å². The van der Waals surface area contributed by atoms with E-state index in [9.17, 15) is 8.42 Å². The average Bonchev–Trinajstić information content (AvgIpc) is 2.20. The van der Waals surface area contributed by atoms with E-state index in [2.05, 4.69) is 32.3 Å². The van der Waals surface area contributed by atoms with Gasteiger partial charge in [0, 0.05) is 32.3 Å². The van der Waals surface area contributed by atoms with E-state index < -0.39 is 25.6 Å². The van der Waals surface area contributed by atoms with E-state index >= 15 is 0 Å². The van der Waals surface area contributed by atoms with Gasteiger partial charge in [-0.15, -0.1) is 0 Å². The van der Waals surface area contributed by atoms with Crippen molar-refractivity contribution in [1.82, 2.24) is 2.36 Å². The first kappa shape index (κ1) is 19.8. The molecule has 0 spiro atoms. The minimum Gasteiger partial charge on any atom is -0.585 e. The van der Waals surface area contributed by atoms with Crippen LogP contribution >= 0.6 is 32.3 Å². The molecule has 1 rings (SSSR count). The maximum Gasteiger partial charge on any atom is 1.00 e. The molecule has 1 aromatic rings. The molecule has 0 fully saturated rings. The van der Waals surface area contributed by atoms with Crippen LogP contribution in [-0.2, 0) is 10.0 Å². The molecule has 5 nitrogen and oxygen atoms in total. The number of rotatable bonds is 2. The van der Waals surface area contributed by atoms with Crippen molar-refractivity contribution in [3.8, 4) is 0 Å². The molecule has 10 heteroatoms. The van der Waals surface area contributed by atoms with Gasteiger partial charge in [0.15, 0.2) is 15.5 Å². The molecular formula is C6H5Br3NNaO4S. The molecule has 0 saturated heterocycles. The molecule has 0 N–H and O–H groups in total. The van der Waals surface area contributed by atoms with Crippen LogP contribution in [0.25, 0.3) is 0 Å². The van der Waals surface area contributed by atoms with Crippen LogP contribution in [0.1, 0.15) is 0 Å². The summed E-state index contributed by atoms with van der Waals surface area (Å²) in [5.74, 6) is 0. The van der Waals surface area contributed by atoms with Crippen LogP contribution in [0.4, 0.5) is 0 Å². The zero-order valence-electron chi connectivity index (χ0n) is 8.01. The number of hydrogen-bond acceptors (Lipinski definition) is 4. The average molecular weight is 450 g/mol. The first-order valence-electron chi connectivity index (χ1n) is 3.28. The number of halogens is 3. The van der Waals surface area contributed by atoms with E-state index in [0.717, 1.165) is 2.36 Å². The predicted octanol–water partition coefficient (Wildman–Crippen LogP) is -3.08. The van der Waals surface area contributed by atoms with E-state index in [1.165, 1.54) is 12.1 Å². The van der Waals surface area contributed by atoms with Gasteiger partial charge in [-0.25, -0.2) is 8.42 Å². The first-order chi connectivity index (χ1) is 6.96. The van der Waals surface area contributed by atoms with Gasteiger partial charge in [0.1, 0.15) is 0 Å². The Bertz CT molecular complexity index is 375. The van der Waals surface area contributed by atoms with Gasteiger partial charge in [-0.05, 0) is 12.1 Å². The van der Waals surface area contributed by atoms with Gasteiger partial charge in [-0.2, -0.15) is 0 Å². The summed E-state index contributed by atoms with van der Waals surface area (Å²) in [6, 6.07) is 8.12. The summed E-state index contributed by atoms with van der Waals surface area (Å²) in [6.45, 7) is 0. The molecule has 0 aliphatic rings. The van der Waals surface area contributed by atoms with Gasteiger partial charge in [0.25, 0.3) is 10.0 Å². The Morgan fingerprint density at radius 3 is 1.81 bits per heavy atom. The van der Waals surface area contributed by atoms with Gasteiger partial charge < -0.3 is 8.40 Å². The van der Waals surface area contributed by atoms with Crippen molar-refractivity contribution >= 4 is 42.3 Å². The summed E-state index contributed by atoms with van der Waals surface area (Å²) in [4.78, 5) is 0.235. The van der Waals surface area contributed by atoms with Gasteiger partial charge >= 0.3 is 29.6 Å². The summed E-state index contributed by atoms with van der Waals surface area (Å²) >= 11 is 4.15. The predicted molar refractivity (Wildman–Crippen MR) is 53.3 cm³/mol. The molecule has 0 aliphatic carbocycles. The van der Waals surface area contributed by atoms with E-state index in [-0.39, 0.29) is 34.5 Å². The van der Waals surface area contributed by atoms with Crippen molar-refractivity contribution in [3.05, 3.63) is 30.3 Å². The number of hydrogen-bond donors (Lipinski definition) is 0. The molecule has 86 valence electrons. The third-order valence-corrected chi connectivity index (χ3v) is 4.74. The van der Waals surface area contributed by atoms with Gasteiger partial charge in [-0.3, -0.25) is 0 Å². The molecule has 0 aromatic heterocycles. The Balaban J connectivity index is 0. The number of sulfonamides is 1. The summed E-state index contributed by atoms with van der Waals surface area (Å²) in [7, 11) is -3.41. The Kier molecular flexibility index (Phi) is 12.9. The van der Waals surface area contributed by atoms with Gasteiger partial charge in [-0.1, -0.05) is 20.6 Å². The molecule has 0 aliphatic heterocycles.